The van der Waals surface area contributed by atoms with Crippen molar-refractivity contribution in [3.8, 4) is 0 Å². The molecular weight excluding hydrogens is 200 g/mol. The fourth-order valence-electron chi connectivity index (χ4n) is 3.45. The third-order valence-corrected chi connectivity index (χ3v) is 5.00. The van der Waals surface area contributed by atoms with Crippen LogP contribution in [0.5, 0.6) is 0 Å². The molecule has 6 unspecified atom stereocenters. The van der Waals surface area contributed by atoms with Crippen molar-refractivity contribution in [2.75, 3.05) is 6.61 Å². The van der Waals surface area contributed by atoms with Crippen molar-refractivity contribution < 1.29 is 9.84 Å². The van der Waals surface area contributed by atoms with Crippen molar-refractivity contribution in [1.82, 2.24) is 0 Å². The Kier molecular flexibility index (Phi) is 3.91. The van der Waals surface area contributed by atoms with Gasteiger partial charge < -0.3 is 9.84 Å². The predicted molar refractivity (Wildman–Crippen MR) is 65.2 cm³/mol. The Balaban J connectivity index is 1.92. The molecule has 1 heterocycles. The number of hydrogen-bond acceptors (Lipinski definition) is 2. The lowest BCUT2D eigenvalue weighted by Crippen LogP contribution is -2.37. The monoisotopic (exact) mass is 226 g/mol. The van der Waals surface area contributed by atoms with Gasteiger partial charge in [-0.3, -0.25) is 0 Å². The summed E-state index contributed by atoms with van der Waals surface area (Å²) < 4.78 is 5.57. The second-order valence-corrected chi connectivity index (χ2v) is 6.05. The average Bonchev–Trinajstić information content (AvgIpc) is 2.67. The van der Waals surface area contributed by atoms with Crippen LogP contribution in [0.4, 0.5) is 0 Å². The van der Waals surface area contributed by atoms with Gasteiger partial charge in [-0.2, -0.15) is 0 Å². The van der Waals surface area contributed by atoms with Crippen LogP contribution in [0.1, 0.15) is 46.5 Å². The minimum Gasteiger partial charge on any atom is -0.392 e. The lowest BCUT2D eigenvalue weighted by Gasteiger charge is -2.37. The minimum atomic E-state index is -0.132. The summed E-state index contributed by atoms with van der Waals surface area (Å²) in [6, 6.07) is 0. The van der Waals surface area contributed by atoms with Gasteiger partial charge in [-0.05, 0) is 43.9 Å². The van der Waals surface area contributed by atoms with Crippen LogP contribution in [0.3, 0.4) is 0 Å². The van der Waals surface area contributed by atoms with Crippen LogP contribution < -0.4 is 0 Å². The van der Waals surface area contributed by atoms with Crippen LogP contribution in [0, 0.1) is 23.7 Å². The third-order valence-electron chi connectivity index (χ3n) is 5.00. The summed E-state index contributed by atoms with van der Waals surface area (Å²) in [6.45, 7) is 7.62. The molecule has 2 aliphatic rings. The van der Waals surface area contributed by atoms with Crippen molar-refractivity contribution in [3.63, 3.8) is 0 Å². The van der Waals surface area contributed by atoms with Crippen molar-refractivity contribution in [2.24, 2.45) is 23.7 Å². The van der Waals surface area contributed by atoms with Gasteiger partial charge in [-0.25, -0.2) is 0 Å². The third kappa shape index (κ3) is 2.43. The van der Waals surface area contributed by atoms with Gasteiger partial charge in [-0.1, -0.05) is 20.3 Å². The maximum atomic E-state index is 10.5. The molecule has 6 atom stereocenters. The van der Waals surface area contributed by atoms with E-state index in [0.717, 1.165) is 24.9 Å². The van der Waals surface area contributed by atoms with E-state index in [2.05, 4.69) is 20.8 Å². The topological polar surface area (TPSA) is 29.5 Å². The standard InChI is InChI=1S/C14H26O2/c1-9-4-5-12(8-10(9)2)14(15)13-6-7-16-11(13)3/h9-15H,4-8H2,1-3H3. The fraction of sp³-hybridized carbons (Fsp3) is 1.00. The highest BCUT2D eigenvalue weighted by atomic mass is 16.5. The van der Waals surface area contributed by atoms with Gasteiger partial charge in [-0.15, -0.1) is 0 Å². The van der Waals surface area contributed by atoms with Gasteiger partial charge in [0.15, 0.2) is 0 Å². The van der Waals surface area contributed by atoms with Crippen LogP contribution in [-0.4, -0.2) is 23.9 Å². The average molecular weight is 226 g/mol. The summed E-state index contributed by atoms with van der Waals surface area (Å²) in [4.78, 5) is 0. The van der Waals surface area contributed by atoms with Crippen LogP contribution >= 0.6 is 0 Å². The highest BCUT2D eigenvalue weighted by Crippen LogP contribution is 2.39. The summed E-state index contributed by atoms with van der Waals surface area (Å²) >= 11 is 0. The Bertz CT molecular complexity index is 229. The molecule has 0 aromatic heterocycles. The Labute approximate surface area is 99.4 Å². The van der Waals surface area contributed by atoms with E-state index in [9.17, 15) is 5.11 Å². The van der Waals surface area contributed by atoms with Crippen LogP contribution in [0.25, 0.3) is 0 Å². The molecule has 0 radical (unpaired) electrons. The van der Waals surface area contributed by atoms with Gasteiger partial charge >= 0.3 is 0 Å². The second kappa shape index (κ2) is 5.05. The van der Waals surface area contributed by atoms with Gasteiger partial charge in [0.2, 0.25) is 0 Å². The Morgan fingerprint density at radius 1 is 1.06 bits per heavy atom. The van der Waals surface area contributed by atoms with Gasteiger partial charge in [0, 0.05) is 12.5 Å². The zero-order chi connectivity index (χ0) is 11.7. The highest BCUT2D eigenvalue weighted by molar-refractivity contribution is 4.87. The van der Waals surface area contributed by atoms with Crippen LogP contribution in [-0.2, 0) is 4.74 Å². The van der Waals surface area contributed by atoms with E-state index < -0.39 is 0 Å². The summed E-state index contributed by atoms with van der Waals surface area (Å²) in [7, 11) is 0. The highest BCUT2D eigenvalue weighted by Gasteiger charge is 2.37. The molecular formula is C14H26O2. The lowest BCUT2D eigenvalue weighted by atomic mass is 9.71. The largest absolute Gasteiger partial charge is 0.392 e. The molecule has 2 nitrogen and oxygen atoms in total. The summed E-state index contributed by atoms with van der Waals surface area (Å²) in [5.74, 6) is 2.50. The molecule has 1 saturated carbocycles. The quantitative estimate of drug-likeness (QED) is 0.784. The number of rotatable bonds is 2. The molecule has 0 bridgehead atoms. The van der Waals surface area contributed by atoms with Crippen LogP contribution in [0.2, 0.25) is 0 Å². The smallest absolute Gasteiger partial charge is 0.0622 e. The maximum Gasteiger partial charge on any atom is 0.0622 e. The van der Waals surface area contributed by atoms with Gasteiger partial charge in [0.05, 0.1) is 12.2 Å². The summed E-state index contributed by atoms with van der Waals surface area (Å²) in [6.07, 6.45) is 4.85. The van der Waals surface area contributed by atoms with Crippen LogP contribution in [0.15, 0.2) is 0 Å². The first-order valence-electron chi connectivity index (χ1n) is 6.89. The first kappa shape index (κ1) is 12.4. The molecule has 94 valence electrons. The number of ether oxygens (including phenoxy) is 1. The molecule has 2 heteroatoms. The molecule has 2 fully saturated rings. The zero-order valence-electron chi connectivity index (χ0n) is 10.9. The molecule has 1 saturated heterocycles. The zero-order valence-corrected chi connectivity index (χ0v) is 10.9. The molecule has 2 rings (SSSR count). The number of hydrogen-bond donors (Lipinski definition) is 1. The molecule has 1 aliphatic carbocycles. The molecule has 0 aromatic rings. The Morgan fingerprint density at radius 3 is 2.38 bits per heavy atom. The first-order chi connectivity index (χ1) is 7.59. The summed E-state index contributed by atoms with van der Waals surface area (Å²) in [5.41, 5.74) is 0. The maximum absolute atomic E-state index is 10.5. The first-order valence-corrected chi connectivity index (χ1v) is 6.89. The molecule has 0 spiro atoms. The Hall–Kier alpha value is -0.0800. The fourth-order valence-corrected chi connectivity index (χ4v) is 3.45. The van der Waals surface area contributed by atoms with E-state index in [-0.39, 0.29) is 12.2 Å². The summed E-state index contributed by atoms with van der Waals surface area (Å²) in [5, 5.41) is 10.5. The van der Waals surface area contributed by atoms with Crippen molar-refractivity contribution in [1.29, 1.82) is 0 Å². The van der Waals surface area contributed by atoms with E-state index in [1.54, 1.807) is 0 Å². The molecule has 16 heavy (non-hydrogen) atoms. The molecule has 0 aromatic carbocycles. The van der Waals surface area contributed by atoms with Crippen molar-refractivity contribution in [2.45, 2.75) is 58.7 Å². The van der Waals surface area contributed by atoms with Crippen molar-refractivity contribution in [3.05, 3.63) is 0 Å². The van der Waals surface area contributed by atoms with E-state index >= 15 is 0 Å². The lowest BCUT2D eigenvalue weighted by molar-refractivity contribution is -0.0120. The number of aliphatic hydroxyl groups is 1. The van der Waals surface area contributed by atoms with E-state index in [1.807, 2.05) is 0 Å². The second-order valence-electron chi connectivity index (χ2n) is 6.05. The van der Waals surface area contributed by atoms with Crippen molar-refractivity contribution >= 4 is 0 Å². The van der Waals surface area contributed by atoms with E-state index in [0.29, 0.717) is 11.8 Å². The predicted octanol–water partition coefficient (Wildman–Crippen LogP) is 2.84. The van der Waals surface area contributed by atoms with Gasteiger partial charge in [0.25, 0.3) is 0 Å². The molecule has 1 aliphatic heterocycles. The number of aliphatic hydroxyl groups excluding tert-OH is 1. The molecule has 0 amide bonds. The molecule has 1 N–H and O–H groups in total. The Morgan fingerprint density at radius 2 is 1.81 bits per heavy atom. The van der Waals surface area contributed by atoms with Gasteiger partial charge in [0.1, 0.15) is 0 Å². The van der Waals surface area contributed by atoms with E-state index in [4.69, 9.17) is 4.74 Å². The minimum absolute atomic E-state index is 0.132. The van der Waals surface area contributed by atoms with E-state index in [1.165, 1.54) is 19.3 Å². The SMILES string of the molecule is CC1CCC(C(O)C2CCOC2C)CC1C. The normalized spacial score (nSPS) is 46.9.